The van der Waals surface area contributed by atoms with Gasteiger partial charge in [0.05, 0.1) is 60.0 Å². The van der Waals surface area contributed by atoms with Gasteiger partial charge < -0.3 is 9.47 Å². The molecule has 0 saturated carbocycles. The number of carbonyl (C=O) groups is 1. The lowest BCUT2D eigenvalue weighted by Gasteiger charge is -2.44. The SMILES string of the molecule is CC(C)Cc1nc2c(cnn2[C@@H]2CCN(C3COC3)C[C@H]2C)c(-c2ccc3c(c2)OC(C)C(=O)N3Cc2ncc(Cl)cn2)c1C#N. The second kappa shape index (κ2) is 12.2. The lowest BCUT2D eigenvalue weighted by Crippen LogP contribution is -2.54. The van der Waals surface area contributed by atoms with Crippen molar-refractivity contribution >= 4 is 34.2 Å². The van der Waals surface area contributed by atoms with Gasteiger partial charge in [-0.2, -0.15) is 10.4 Å². The van der Waals surface area contributed by atoms with Crippen molar-refractivity contribution in [3.63, 3.8) is 0 Å². The molecular formula is C34H37ClN8O3. The van der Waals surface area contributed by atoms with Crippen LogP contribution in [0.25, 0.3) is 22.2 Å². The Morgan fingerprint density at radius 1 is 1.15 bits per heavy atom. The molecule has 7 rings (SSSR count). The van der Waals surface area contributed by atoms with Gasteiger partial charge in [-0.25, -0.2) is 19.6 Å². The molecule has 4 aromatic rings. The van der Waals surface area contributed by atoms with E-state index in [1.807, 2.05) is 24.4 Å². The van der Waals surface area contributed by atoms with Crippen molar-refractivity contribution in [1.29, 1.82) is 5.26 Å². The first-order valence-corrected chi connectivity index (χ1v) is 16.3. The summed E-state index contributed by atoms with van der Waals surface area (Å²) in [5.74, 6) is 1.50. The summed E-state index contributed by atoms with van der Waals surface area (Å²) >= 11 is 5.98. The van der Waals surface area contributed by atoms with Gasteiger partial charge in [0.25, 0.3) is 5.91 Å². The third kappa shape index (κ3) is 5.48. The van der Waals surface area contributed by atoms with Crippen LogP contribution in [0.15, 0.2) is 36.8 Å². The van der Waals surface area contributed by atoms with Crippen LogP contribution >= 0.6 is 11.6 Å². The number of likely N-dealkylation sites (tertiary alicyclic amines) is 1. The fourth-order valence-corrected chi connectivity index (χ4v) is 6.99. The van der Waals surface area contributed by atoms with Crippen LogP contribution in [0, 0.1) is 23.2 Å². The number of piperidine rings is 1. The molecule has 1 aromatic carbocycles. The van der Waals surface area contributed by atoms with Gasteiger partial charge in [0, 0.05) is 36.4 Å². The van der Waals surface area contributed by atoms with E-state index in [0.717, 1.165) is 60.6 Å². The van der Waals surface area contributed by atoms with E-state index in [0.29, 0.717) is 52.1 Å². The summed E-state index contributed by atoms with van der Waals surface area (Å²) in [7, 11) is 0. The van der Waals surface area contributed by atoms with Crippen molar-refractivity contribution in [2.24, 2.45) is 11.8 Å². The minimum atomic E-state index is -0.707. The lowest BCUT2D eigenvalue weighted by atomic mass is 9.91. The zero-order valence-corrected chi connectivity index (χ0v) is 27.2. The number of rotatable bonds is 7. The number of nitrogens with zero attached hydrogens (tertiary/aromatic N) is 8. The number of ether oxygens (including phenoxy) is 2. The van der Waals surface area contributed by atoms with E-state index in [-0.39, 0.29) is 18.5 Å². The number of halogens is 1. The number of fused-ring (bicyclic) bond motifs is 2. The minimum absolute atomic E-state index is 0.176. The molecular weight excluding hydrogens is 604 g/mol. The van der Waals surface area contributed by atoms with Crippen molar-refractivity contribution in [3.8, 4) is 22.9 Å². The number of aromatic nitrogens is 5. The molecule has 1 unspecified atom stereocenters. The second-order valence-electron chi connectivity index (χ2n) is 13.0. The Hall–Kier alpha value is -4.11. The molecule has 0 aliphatic carbocycles. The van der Waals surface area contributed by atoms with Gasteiger partial charge in [-0.3, -0.25) is 14.6 Å². The quantitative estimate of drug-likeness (QED) is 0.268. The minimum Gasteiger partial charge on any atom is -0.479 e. The summed E-state index contributed by atoms with van der Waals surface area (Å²) in [5, 5.41) is 16.7. The average Bonchev–Trinajstić information content (AvgIpc) is 3.41. The molecule has 46 heavy (non-hydrogen) atoms. The maximum atomic E-state index is 13.2. The number of anilines is 1. The fourth-order valence-electron chi connectivity index (χ4n) is 6.89. The highest BCUT2D eigenvalue weighted by atomic mass is 35.5. The standard InChI is InChI=1S/C34H37ClN8O3/c1-19(2)9-27-25(11-36)32(26-14-39-43(33(26)40-27)28-7-8-41(15-20(28)3)24-17-45-18-24)22-5-6-29-30(10-22)46-21(4)34(44)42(29)16-31-37-12-23(35)13-38-31/h5-6,10,12-14,19-21,24,28H,7-9,15-18H2,1-4H3/t20-,21?,28-/m1/s1. The van der Waals surface area contributed by atoms with Crippen LogP contribution in [0.3, 0.4) is 0 Å². The Kier molecular flexibility index (Phi) is 8.13. The second-order valence-corrected chi connectivity index (χ2v) is 13.5. The number of nitriles is 1. The van der Waals surface area contributed by atoms with Gasteiger partial charge >= 0.3 is 0 Å². The Bertz CT molecular complexity index is 1830. The number of hydrogen-bond acceptors (Lipinski definition) is 9. The highest BCUT2D eigenvalue weighted by molar-refractivity contribution is 6.30. The number of pyridine rings is 1. The van der Waals surface area contributed by atoms with E-state index >= 15 is 0 Å². The van der Waals surface area contributed by atoms with Crippen LogP contribution in [0.1, 0.15) is 57.2 Å². The molecule has 1 amide bonds. The van der Waals surface area contributed by atoms with Crippen molar-refractivity contribution in [1.82, 2.24) is 29.6 Å². The van der Waals surface area contributed by atoms with Crippen molar-refractivity contribution < 1.29 is 14.3 Å². The van der Waals surface area contributed by atoms with Gasteiger partial charge in [-0.05, 0) is 49.3 Å². The third-order valence-electron chi connectivity index (χ3n) is 9.30. The highest BCUT2D eigenvalue weighted by Crippen LogP contribution is 2.42. The molecule has 6 heterocycles. The van der Waals surface area contributed by atoms with Crippen molar-refractivity contribution in [2.75, 3.05) is 31.2 Å². The molecule has 0 N–H and O–H groups in total. The molecule has 3 aliphatic rings. The first kappa shape index (κ1) is 30.5. The maximum Gasteiger partial charge on any atom is 0.268 e. The van der Waals surface area contributed by atoms with E-state index in [1.54, 1.807) is 11.8 Å². The maximum absolute atomic E-state index is 13.2. The highest BCUT2D eigenvalue weighted by Gasteiger charge is 2.36. The molecule has 12 heteroatoms. The smallest absolute Gasteiger partial charge is 0.268 e. The fraction of sp³-hybridized carbons (Fsp3) is 0.471. The molecule has 2 fully saturated rings. The van der Waals surface area contributed by atoms with Crippen LogP contribution in [0.4, 0.5) is 5.69 Å². The summed E-state index contributed by atoms with van der Waals surface area (Å²) in [6.45, 7) is 12.1. The lowest BCUT2D eigenvalue weighted by molar-refractivity contribution is -0.125. The molecule has 3 aliphatic heterocycles. The summed E-state index contributed by atoms with van der Waals surface area (Å²) in [4.78, 5) is 31.1. The molecule has 11 nitrogen and oxygen atoms in total. The molecule has 0 spiro atoms. The normalized spacial score (nSPS) is 22.1. The summed E-state index contributed by atoms with van der Waals surface area (Å²) in [6, 6.07) is 8.91. The molecule has 238 valence electrons. The summed E-state index contributed by atoms with van der Waals surface area (Å²) in [6.07, 6.45) is 5.81. The van der Waals surface area contributed by atoms with Crippen LogP contribution < -0.4 is 9.64 Å². The Balaban J connectivity index is 1.31. The van der Waals surface area contributed by atoms with Gasteiger partial charge in [-0.15, -0.1) is 0 Å². The van der Waals surface area contributed by atoms with E-state index in [4.69, 9.17) is 31.2 Å². The van der Waals surface area contributed by atoms with E-state index in [2.05, 4.69) is 46.4 Å². The Morgan fingerprint density at radius 3 is 2.61 bits per heavy atom. The van der Waals surface area contributed by atoms with Gasteiger partial charge in [0.15, 0.2) is 11.8 Å². The number of carbonyl (C=O) groups excluding carboxylic acids is 1. The Morgan fingerprint density at radius 2 is 1.93 bits per heavy atom. The van der Waals surface area contributed by atoms with E-state index in [1.165, 1.54) is 12.4 Å². The van der Waals surface area contributed by atoms with Gasteiger partial charge in [0.2, 0.25) is 0 Å². The number of amides is 1. The predicted octanol–water partition coefficient (Wildman–Crippen LogP) is 5.21. The van der Waals surface area contributed by atoms with Crippen molar-refractivity contribution in [2.45, 2.75) is 65.3 Å². The predicted molar refractivity (Wildman–Crippen MR) is 174 cm³/mol. The average molecular weight is 641 g/mol. The Labute approximate surface area is 273 Å². The summed E-state index contributed by atoms with van der Waals surface area (Å²) in [5.41, 5.74) is 4.32. The van der Waals surface area contributed by atoms with Crippen molar-refractivity contribution in [3.05, 3.63) is 58.9 Å². The third-order valence-corrected chi connectivity index (χ3v) is 9.50. The van der Waals surface area contributed by atoms with Gasteiger partial charge in [0.1, 0.15) is 17.6 Å². The van der Waals surface area contributed by atoms with Crippen LogP contribution in [-0.4, -0.2) is 74.0 Å². The monoisotopic (exact) mass is 640 g/mol. The number of hydrogen-bond donors (Lipinski definition) is 0. The van der Waals surface area contributed by atoms with E-state index < -0.39 is 6.10 Å². The first-order chi connectivity index (χ1) is 22.2. The molecule has 0 radical (unpaired) electrons. The van der Waals surface area contributed by atoms with Gasteiger partial charge in [-0.1, -0.05) is 38.4 Å². The van der Waals surface area contributed by atoms with Crippen LogP contribution in [0.5, 0.6) is 5.75 Å². The molecule has 2 saturated heterocycles. The summed E-state index contributed by atoms with van der Waals surface area (Å²) < 4.78 is 13.7. The molecule has 3 atom stereocenters. The molecule has 3 aromatic heterocycles. The zero-order chi connectivity index (χ0) is 32.1. The molecule has 0 bridgehead atoms. The van der Waals surface area contributed by atoms with Crippen LogP contribution in [0.2, 0.25) is 5.02 Å². The first-order valence-electron chi connectivity index (χ1n) is 15.9. The van der Waals surface area contributed by atoms with E-state index in [9.17, 15) is 10.1 Å². The largest absolute Gasteiger partial charge is 0.479 e. The van der Waals surface area contributed by atoms with Crippen LogP contribution in [-0.2, 0) is 22.5 Å². The topological polar surface area (TPSA) is 122 Å². The zero-order valence-electron chi connectivity index (χ0n) is 26.5. The number of benzene rings is 1.